The molecule has 1 heterocycles. The Labute approximate surface area is 214 Å². The summed E-state index contributed by atoms with van der Waals surface area (Å²) < 4.78 is 67.0. The number of alkyl halides is 1. The number of sulfonamides is 1. The van der Waals surface area contributed by atoms with Crippen LogP contribution in [0, 0.1) is 6.92 Å². The van der Waals surface area contributed by atoms with E-state index < -0.39 is 37.5 Å². The smallest absolute Gasteiger partial charge is 0.258 e. The highest BCUT2D eigenvalue weighted by atomic mass is 79.9. The molecule has 0 aromatic heterocycles. The SMILES string of the molecule is Cc1ccccc1-c1cc(Br)ccc1S(=O)(=O)N1CCC(F)(C(=O)N[C@H](C)/C=C\S(C)(=O)=O)CC1. The van der Waals surface area contributed by atoms with Crippen molar-refractivity contribution >= 4 is 41.7 Å². The normalized spacial score (nSPS) is 17.9. The molecule has 2 aromatic rings. The van der Waals surface area contributed by atoms with Crippen molar-refractivity contribution in [1.29, 1.82) is 0 Å². The number of sulfone groups is 1. The van der Waals surface area contributed by atoms with Gasteiger partial charge in [0.05, 0.1) is 4.90 Å². The Morgan fingerprint density at radius 2 is 1.74 bits per heavy atom. The van der Waals surface area contributed by atoms with Gasteiger partial charge in [-0.25, -0.2) is 21.2 Å². The van der Waals surface area contributed by atoms with E-state index in [1.165, 1.54) is 23.4 Å². The van der Waals surface area contributed by atoms with Crippen LogP contribution in [0.3, 0.4) is 0 Å². The van der Waals surface area contributed by atoms with Crippen molar-refractivity contribution in [3.63, 3.8) is 0 Å². The van der Waals surface area contributed by atoms with Gasteiger partial charge in [-0.1, -0.05) is 46.3 Å². The summed E-state index contributed by atoms with van der Waals surface area (Å²) in [5, 5.41) is 3.40. The average Bonchev–Trinajstić information content (AvgIpc) is 2.77. The molecule has 0 saturated carbocycles. The summed E-state index contributed by atoms with van der Waals surface area (Å²) in [7, 11) is -7.34. The summed E-state index contributed by atoms with van der Waals surface area (Å²) in [6.45, 7) is 3.10. The van der Waals surface area contributed by atoms with Crippen molar-refractivity contribution in [2.24, 2.45) is 0 Å². The van der Waals surface area contributed by atoms with Crippen molar-refractivity contribution in [1.82, 2.24) is 9.62 Å². The van der Waals surface area contributed by atoms with E-state index in [-0.39, 0.29) is 30.8 Å². The van der Waals surface area contributed by atoms with Crippen molar-refractivity contribution in [3.05, 3.63) is 64.0 Å². The first-order valence-electron chi connectivity index (χ1n) is 11.0. The lowest BCUT2D eigenvalue weighted by Gasteiger charge is -2.35. The summed E-state index contributed by atoms with van der Waals surface area (Å²) in [5.74, 6) is -0.885. The zero-order valence-electron chi connectivity index (χ0n) is 19.7. The van der Waals surface area contributed by atoms with E-state index in [0.717, 1.165) is 27.3 Å². The van der Waals surface area contributed by atoms with Crippen LogP contribution >= 0.6 is 15.9 Å². The number of carbonyl (C=O) groups excluding carboxylic acids is 1. The molecule has 1 atom stereocenters. The monoisotopic (exact) mass is 586 g/mol. The van der Waals surface area contributed by atoms with Crippen LogP contribution in [-0.4, -0.2) is 58.1 Å². The molecule has 35 heavy (non-hydrogen) atoms. The van der Waals surface area contributed by atoms with Gasteiger partial charge in [0.15, 0.2) is 15.5 Å². The molecule has 0 aliphatic carbocycles. The first-order chi connectivity index (χ1) is 16.2. The van der Waals surface area contributed by atoms with Crippen molar-refractivity contribution in [2.45, 2.75) is 43.3 Å². The Bertz CT molecular complexity index is 1350. The van der Waals surface area contributed by atoms with Crippen LogP contribution in [0.25, 0.3) is 11.1 Å². The van der Waals surface area contributed by atoms with Crippen molar-refractivity contribution in [2.75, 3.05) is 19.3 Å². The van der Waals surface area contributed by atoms with E-state index in [1.54, 1.807) is 12.1 Å². The molecule has 1 fully saturated rings. The second kappa shape index (κ2) is 10.5. The van der Waals surface area contributed by atoms with Gasteiger partial charge in [0, 0.05) is 53.7 Å². The number of halogens is 2. The summed E-state index contributed by atoms with van der Waals surface area (Å²) in [6.07, 6.45) is 1.66. The molecule has 190 valence electrons. The molecule has 1 amide bonds. The van der Waals surface area contributed by atoms with Crippen molar-refractivity contribution < 1.29 is 26.0 Å². The molecular weight excluding hydrogens is 559 g/mol. The molecule has 7 nitrogen and oxygen atoms in total. The Kier molecular flexibility index (Phi) is 8.25. The maximum absolute atomic E-state index is 15.4. The van der Waals surface area contributed by atoms with Gasteiger partial charge in [-0.05, 0) is 43.2 Å². The van der Waals surface area contributed by atoms with Crippen LogP contribution in [0.2, 0.25) is 0 Å². The fourth-order valence-electron chi connectivity index (χ4n) is 3.90. The molecule has 11 heteroatoms. The van der Waals surface area contributed by atoms with E-state index >= 15 is 4.39 Å². The molecule has 3 rings (SSSR count). The molecule has 0 spiro atoms. The molecule has 0 radical (unpaired) electrons. The minimum absolute atomic E-state index is 0.116. The number of piperidine rings is 1. The van der Waals surface area contributed by atoms with Gasteiger partial charge in [-0.15, -0.1) is 0 Å². The summed E-state index contributed by atoms with van der Waals surface area (Å²) in [4.78, 5) is 12.7. The third-order valence-electron chi connectivity index (χ3n) is 5.89. The maximum Gasteiger partial charge on any atom is 0.258 e. The highest BCUT2D eigenvalue weighted by Gasteiger charge is 2.44. The molecule has 1 aliphatic heterocycles. The molecule has 2 aromatic carbocycles. The third kappa shape index (κ3) is 6.58. The van der Waals surface area contributed by atoms with E-state index in [4.69, 9.17) is 0 Å². The fraction of sp³-hybridized carbons (Fsp3) is 0.375. The molecule has 0 bridgehead atoms. The van der Waals surface area contributed by atoms with Crippen molar-refractivity contribution in [3.8, 4) is 11.1 Å². The number of nitrogens with one attached hydrogen (secondary N) is 1. The number of hydrogen-bond acceptors (Lipinski definition) is 5. The lowest BCUT2D eigenvalue weighted by atomic mass is 9.93. The van der Waals surface area contributed by atoms with Crippen LogP contribution in [0.1, 0.15) is 25.3 Å². The van der Waals surface area contributed by atoms with E-state index in [9.17, 15) is 21.6 Å². The molecular formula is C24H28BrFN2O5S2. The number of carbonyl (C=O) groups is 1. The third-order valence-corrected chi connectivity index (χ3v) is 8.99. The zero-order chi connectivity index (χ0) is 26.0. The number of aryl methyl sites for hydroxylation is 1. The standard InChI is InChI=1S/C24H28BrFN2O5S2/c1-17-6-4-5-7-20(17)21-16-19(25)8-9-22(21)35(32,33)28-13-11-24(26,12-14-28)23(29)27-18(2)10-15-34(3,30)31/h4-10,15-16,18H,11-14H2,1-3H3,(H,27,29)/b15-10-/t18-/m1/s1. The van der Waals surface area contributed by atoms with Gasteiger partial charge in [0.2, 0.25) is 10.0 Å². The van der Waals surface area contributed by atoms with Crippen LogP contribution in [0.5, 0.6) is 0 Å². The molecule has 1 N–H and O–H groups in total. The Hall–Kier alpha value is -2.08. The van der Waals surface area contributed by atoms with Gasteiger partial charge in [0.25, 0.3) is 5.91 Å². The van der Waals surface area contributed by atoms with E-state index in [0.29, 0.717) is 5.56 Å². The lowest BCUT2D eigenvalue weighted by molar-refractivity contribution is -0.135. The van der Waals surface area contributed by atoms with Gasteiger partial charge in [-0.2, -0.15) is 4.31 Å². The quantitative estimate of drug-likeness (QED) is 0.529. The first-order valence-corrected chi connectivity index (χ1v) is 15.2. The van der Waals surface area contributed by atoms with Crippen LogP contribution < -0.4 is 5.32 Å². The minimum atomic E-state index is -3.96. The Morgan fingerprint density at radius 3 is 2.34 bits per heavy atom. The molecule has 1 saturated heterocycles. The maximum atomic E-state index is 15.4. The minimum Gasteiger partial charge on any atom is -0.347 e. The first kappa shape index (κ1) is 27.5. The van der Waals surface area contributed by atoms with Crippen LogP contribution in [0.15, 0.2) is 63.3 Å². The number of amides is 1. The summed E-state index contributed by atoms with van der Waals surface area (Å²) in [6, 6.07) is 11.7. The second-order valence-corrected chi connectivity index (χ2v) is 13.5. The Morgan fingerprint density at radius 1 is 1.11 bits per heavy atom. The number of nitrogens with zero attached hydrogens (tertiary/aromatic N) is 1. The number of benzene rings is 2. The van der Waals surface area contributed by atoms with Gasteiger partial charge in [0.1, 0.15) is 0 Å². The zero-order valence-corrected chi connectivity index (χ0v) is 22.9. The van der Waals surface area contributed by atoms with Crippen LogP contribution in [-0.2, 0) is 24.7 Å². The lowest BCUT2D eigenvalue weighted by Crippen LogP contribution is -2.53. The van der Waals surface area contributed by atoms with Gasteiger partial charge >= 0.3 is 0 Å². The second-order valence-electron chi connectivity index (χ2n) is 8.74. The van der Waals surface area contributed by atoms with Gasteiger partial charge < -0.3 is 5.32 Å². The van der Waals surface area contributed by atoms with Gasteiger partial charge in [-0.3, -0.25) is 4.79 Å². The predicted molar refractivity (Wildman–Crippen MR) is 138 cm³/mol. The van der Waals surface area contributed by atoms with E-state index in [2.05, 4.69) is 21.2 Å². The molecule has 1 aliphatic rings. The fourth-order valence-corrected chi connectivity index (χ4v) is 6.42. The largest absolute Gasteiger partial charge is 0.347 e. The van der Waals surface area contributed by atoms with Crippen LogP contribution in [0.4, 0.5) is 4.39 Å². The number of rotatable bonds is 7. The summed E-state index contributed by atoms with van der Waals surface area (Å²) >= 11 is 3.41. The predicted octanol–water partition coefficient (Wildman–Crippen LogP) is 3.98. The van der Waals surface area contributed by atoms with E-state index in [1.807, 2.05) is 31.2 Å². The molecule has 0 unspecified atom stereocenters. The highest BCUT2D eigenvalue weighted by Crippen LogP contribution is 2.36. The highest BCUT2D eigenvalue weighted by molar-refractivity contribution is 9.10. The average molecular weight is 588 g/mol. The summed E-state index contributed by atoms with van der Waals surface area (Å²) in [5.41, 5.74) is -0.0182. The number of hydrogen-bond donors (Lipinski definition) is 1. The topological polar surface area (TPSA) is 101 Å². The Balaban J connectivity index is 1.79.